The van der Waals surface area contributed by atoms with E-state index in [1.807, 2.05) is 6.07 Å². The fraction of sp³-hybridized carbons (Fsp3) is 0.467. The van der Waals surface area contributed by atoms with E-state index in [1.54, 1.807) is 25.4 Å². The summed E-state index contributed by atoms with van der Waals surface area (Å²) < 4.78 is 4.83. The number of nitrogens with one attached hydrogen (secondary N) is 1. The van der Waals surface area contributed by atoms with Crippen molar-refractivity contribution in [2.45, 2.75) is 25.8 Å². The van der Waals surface area contributed by atoms with E-state index in [0.29, 0.717) is 5.95 Å². The molecule has 1 atom stereocenters. The van der Waals surface area contributed by atoms with Crippen molar-refractivity contribution in [2.24, 2.45) is 0 Å². The summed E-state index contributed by atoms with van der Waals surface area (Å²) in [5.74, 6) is 0.0976. The molecule has 7 heteroatoms. The van der Waals surface area contributed by atoms with Gasteiger partial charge in [-0.25, -0.2) is 14.8 Å². The molecule has 2 heterocycles. The fourth-order valence-electron chi connectivity index (χ4n) is 2.30. The number of carbonyl (C=O) groups is 1. The summed E-state index contributed by atoms with van der Waals surface area (Å²) in [5.41, 5.74) is -0.0186. The third kappa shape index (κ3) is 4.19. The average molecular weight is 301 g/mol. The largest absolute Gasteiger partial charge is 0.462 e. The number of esters is 1. The predicted octanol–water partition coefficient (Wildman–Crippen LogP) is 1.01. The number of carbonyl (C=O) groups excluding carboxylic acids is 1. The van der Waals surface area contributed by atoms with Crippen molar-refractivity contribution in [1.29, 1.82) is 5.26 Å². The molecule has 0 saturated carbocycles. The lowest BCUT2D eigenvalue weighted by atomic mass is 10.1. The number of nitrogens with zero attached hydrogens (tertiary/aromatic N) is 4. The number of ether oxygens (including phenoxy) is 1. The van der Waals surface area contributed by atoms with E-state index >= 15 is 0 Å². The van der Waals surface area contributed by atoms with Crippen LogP contribution in [0.1, 0.15) is 19.8 Å². The number of anilines is 1. The Balaban J connectivity index is 1.95. The first kappa shape index (κ1) is 15.8. The van der Waals surface area contributed by atoms with Crippen LogP contribution < -0.4 is 10.2 Å². The zero-order valence-electron chi connectivity index (χ0n) is 12.5. The summed E-state index contributed by atoms with van der Waals surface area (Å²) in [4.78, 5) is 22.1. The van der Waals surface area contributed by atoms with Crippen LogP contribution in [0.3, 0.4) is 0 Å². The Morgan fingerprint density at radius 1 is 1.59 bits per heavy atom. The molecule has 22 heavy (non-hydrogen) atoms. The molecule has 7 nitrogen and oxygen atoms in total. The lowest BCUT2D eigenvalue weighted by Gasteiger charge is -2.32. The number of hydrogen-bond acceptors (Lipinski definition) is 7. The second kappa shape index (κ2) is 7.98. The van der Waals surface area contributed by atoms with E-state index in [1.165, 1.54) is 6.20 Å². The number of rotatable bonds is 5. The second-order valence-electron chi connectivity index (χ2n) is 4.89. The van der Waals surface area contributed by atoms with Crippen LogP contribution in [0.4, 0.5) is 5.95 Å². The van der Waals surface area contributed by atoms with Crippen molar-refractivity contribution in [1.82, 2.24) is 15.3 Å². The van der Waals surface area contributed by atoms with Crippen molar-refractivity contribution in [2.75, 3.05) is 24.6 Å². The molecule has 1 aliphatic heterocycles. The van der Waals surface area contributed by atoms with Crippen LogP contribution in [0.5, 0.6) is 0 Å². The molecule has 116 valence electrons. The highest BCUT2D eigenvalue weighted by atomic mass is 16.5. The van der Waals surface area contributed by atoms with Crippen LogP contribution in [0.2, 0.25) is 0 Å². The summed E-state index contributed by atoms with van der Waals surface area (Å²) in [6.07, 6.45) is 6.83. The summed E-state index contributed by atoms with van der Waals surface area (Å²) in [5, 5.41) is 12.1. The normalized spacial score (nSPS) is 18.5. The van der Waals surface area contributed by atoms with E-state index in [9.17, 15) is 4.79 Å². The Bertz CT molecular complexity index is 567. The molecule has 0 radical (unpaired) electrons. The Kier molecular flexibility index (Phi) is 5.72. The van der Waals surface area contributed by atoms with Crippen LogP contribution in [-0.4, -0.2) is 41.7 Å². The maximum Gasteiger partial charge on any atom is 0.350 e. The SMILES string of the molecule is CCOC(=O)/C(C#N)=C/NC1CCCN(c2ncccn2)C1. The van der Waals surface area contributed by atoms with Gasteiger partial charge >= 0.3 is 5.97 Å². The number of hydrogen-bond donors (Lipinski definition) is 1. The molecule has 1 aromatic rings. The minimum atomic E-state index is -0.600. The Morgan fingerprint density at radius 2 is 2.36 bits per heavy atom. The third-order valence-corrected chi connectivity index (χ3v) is 3.34. The van der Waals surface area contributed by atoms with E-state index < -0.39 is 5.97 Å². The van der Waals surface area contributed by atoms with Gasteiger partial charge in [0.15, 0.2) is 5.57 Å². The van der Waals surface area contributed by atoms with Crippen molar-refractivity contribution >= 4 is 11.9 Å². The second-order valence-corrected chi connectivity index (χ2v) is 4.89. The van der Waals surface area contributed by atoms with Gasteiger partial charge in [0.1, 0.15) is 6.07 Å². The van der Waals surface area contributed by atoms with Gasteiger partial charge in [0.25, 0.3) is 0 Å². The maximum absolute atomic E-state index is 11.5. The summed E-state index contributed by atoms with van der Waals surface area (Å²) >= 11 is 0. The van der Waals surface area contributed by atoms with Gasteiger partial charge < -0.3 is 15.0 Å². The maximum atomic E-state index is 11.5. The topological polar surface area (TPSA) is 91.1 Å². The van der Waals surface area contributed by atoms with Gasteiger partial charge in [-0.1, -0.05) is 0 Å². The van der Waals surface area contributed by atoms with Crippen LogP contribution in [0, 0.1) is 11.3 Å². The zero-order chi connectivity index (χ0) is 15.8. The molecule has 1 saturated heterocycles. The van der Waals surface area contributed by atoms with Crippen molar-refractivity contribution < 1.29 is 9.53 Å². The Morgan fingerprint density at radius 3 is 3.05 bits per heavy atom. The lowest BCUT2D eigenvalue weighted by molar-refractivity contribution is -0.138. The summed E-state index contributed by atoms with van der Waals surface area (Å²) in [7, 11) is 0. The van der Waals surface area contributed by atoms with Crippen LogP contribution in [-0.2, 0) is 9.53 Å². The summed E-state index contributed by atoms with van der Waals surface area (Å²) in [6.45, 7) is 3.58. The van der Waals surface area contributed by atoms with Crippen molar-refractivity contribution in [3.8, 4) is 6.07 Å². The molecular weight excluding hydrogens is 282 g/mol. The highest BCUT2D eigenvalue weighted by Gasteiger charge is 2.21. The van der Waals surface area contributed by atoms with Gasteiger partial charge in [-0.05, 0) is 25.8 Å². The van der Waals surface area contributed by atoms with Gasteiger partial charge in [-0.15, -0.1) is 0 Å². The minimum Gasteiger partial charge on any atom is -0.462 e. The predicted molar refractivity (Wildman–Crippen MR) is 80.7 cm³/mol. The van der Waals surface area contributed by atoms with Crippen LogP contribution >= 0.6 is 0 Å². The quantitative estimate of drug-likeness (QED) is 0.493. The molecule has 0 spiro atoms. The summed E-state index contributed by atoms with van der Waals surface area (Å²) in [6, 6.07) is 3.77. The number of aromatic nitrogens is 2. The van der Waals surface area contributed by atoms with E-state index in [0.717, 1.165) is 25.9 Å². The minimum absolute atomic E-state index is 0.0186. The highest BCUT2D eigenvalue weighted by Crippen LogP contribution is 2.15. The first-order valence-corrected chi connectivity index (χ1v) is 7.30. The van der Waals surface area contributed by atoms with Gasteiger partial charge in [0.05, 0.1) is 6.61 Å². The zero-order valence-corrected chi connectivity index (χ0v) is 12.5. The molecule has 0 amide bonds. The average Bonchev–Trinajstić information content (AvgIpc) is 2.57. The van der Waals surface area contributed by atoms with Gasteiger partial charge in [0.2, 0.25) is 5.95 Å². The van der Waals surface area contributed by atoms with Gasteiger partial charge in [-0.2, -0.15) is 5.26 Å². The molecule has 1 fully saturated rings. The van der Waals surface area contributed by atoms with Crippen LogP contribution in [0.25, 0.3) is 0 Å². The van der Waals surface area contributed by atoms with Crippen LogP contribution in [0.15, 0.2) is 30.2 Å². The molecular formula is C15H19N5O2. The first-order valence-electron chi connectivity index (χ1n) is 7.30. The number of piperidine rings is 1. The molecule has 1 aliphatic rings. The first-order chi connectivity index (χ1) is 10.7. The Labute approximate surface area is 129 Å². The standard InChI is InChI=1S/C15H19N5O2/c1-2-22-14(21)12(9-16)10-19-13-5-3-8-20(11-13)15-17-6-4-7-18-15/h4,6-7,10,13,19H,2-3,5,8,11H2,1H3/b12-10+. The molecule has 1 aromatic heterocycles. The molecule has 2 rings (SSSR count). The fourth-order valence-corrected chi connectivity index (χ4v) is 2.30. The van der Waals surface area contributed by atoms with Crippen molar-refractivity contribution in [3.05, 3.63) is 30.2 Å². The van der Waals surface area contributed by atoms with E-state index in [4.69, 9.17) is 10.00 Å². The monoisotopic (exact) mass is 301 g/mol. The third-order valence-electron chi connectivity index (χ3n) is 3.34. The molecule has 0 bridgehead atoms. The van der Waals surface area contributed by atoms with E-state index in [-0.39, 0.29) is 18.2 Å². The van der Waals surface area contributed by atoms with Gasteiger partial charge in [-0.3, -0.25) is 0 Å². The van der Waals surface area contributed by atoms with E-state index in [2.05, 4.69) is 20.2 Å². The highest BCUT2D eigenvalue weighted by molar-refractivity contribution is 5.92. The molecule has 1 N–H and O–H groups in total. The smallest absolute Gasteiger partial charge is 0.350 e. The number of nitriles is 1. The molecule has 0 aliphatic carbocycles. The molecule has 0 aromatic carbocycles. The van der Waals surface area contributed by atoms with Gasteiger partial charge in [0, 0.05) is 37.7 Å². The Hall–Kier alpha value is -2.62. The molecule has 1 unspecified atom stereocenters. The lowest BCUT2D eigenvalue weighted by Crippen LogP contribution is -2.45. The van der Waals surface area contributed by atoms with Crippen molar-refractivity contribution in [3.63, 3.8) is 0 Å².